The van der Waals surface area contributed by atoms with E-state index < -0.39 is 5.82 Å². The molecule has 0 aliphatic heterocycles. The summed E-state index contributed by atoms with van der Waals surface area (Å²) in [6.45, 7) is -0.173. The first-order valence-corrected chi connectivity index (χ1v) is 9.99. The van der Waals surface area contributed by atoms with Gasteiger partial charge in [-0.05, 0) is 44.2 Å². The molecule has 1 aromatic carbocycles. The van der Waals surface area contributed by atoms with Gasteiger partial charge in [-0.25, -0.2) is 4.39 Å². The van der Waals surface area contributed by atoms with E-state index >= 15 is 0 Å². The number of nitriles is 1. The molecule has 0 atom stereocenters. The minimum absolute atomic E-state index is 0.00404. The molecule has 9 heteroatoms. The minimum Gasteiger partial charge on any atom is -0.484 e. The van der Waals surface area contributed by atoms with E-state index in [2.05, 4.69) is 21.6 Å². The average molecular weight is 416 g/mol. The summed E-state index contributed by atoms with van der Waals surface area (Å²) in [7, 11) is 0. The molecule has 0 saturated heterocycles. The molecule has 1 heterocycles. The molecule has 1 N–H and O–H groups in total. The van der Waals surface area contributed by atoms with Crippen molar-refractivity contribution in [3.63, 3.8) is 0 Å². The maximum absolute atomic E-state index is 13.4. The number of rotatable bonds is 6. The third-order valence-corrected chi connectivity index (χ3v) is 6.68. The van der Waals surface area contributed by atoms with Gasteiger partial charge in [0.15, 0.2) is 6.61 Å². The standard InChI is InChI=1S/C20H19ClFN5O2/c21-15-2-1-14(5-16(15)22)29-8-18(28)25-20-9-19(10-20,11-20)17-7-24-27(26-17)13-3-12(4-13)6-23/h1-2,5,7,12-13H,3-4,8-11H2,(H,25,28). The average Bonchev–Trinajstić information content (AvgIpc) is 3.06. The van der Waals surface area contributed by atoms with Gasteiger partial charge in [-0.1, -0.05) is 11.6 Å². The Morgan fingerprint density at radius 1 is 1.41 bits per heavy atom. The molecule has 2 bridgehead atoms. The lowest BCUT2D eigenvalue weighted by atomic mass is 9.38. The zero-order valence-corrected chi connectivity index (χ0v) is 16.3. The van der Waals surface area contributed by atoms with Gasteiger partial charge in [0.2, 0.25) is 0 Å². The predicted molar refractivity (Wildman–Crippen MR) is 101 cm³/mol. The van der Waals surface area contributed by atoms with E-state index in [1.165, 1.54) is 12.1 Å². The van der Waals surface area contributed by atoms with Crippen LogP contribution in [-0.2, 0) is 10.2 Å². The summed E-state index contributed by atoms with van der Waals surface area (Å²) in [5, 5.41) is 21.0. The Bertz CT molecular complexity index is 1010. The second-order valence-electron chi connectivity index (χ2n) is 8.51. The molecule has 29 heavy (non-hydrogen) atoms. The highest BCUT2D eigenvalue weighted by Crippen LogP contribution is 2.67. The molecule has 4 saturated carbocycles. The van der Waals surface area contributed by atoms with Crippen molar-refractivity contribution in [2.45, 2.75) is 49.1 Å². The van der Waals surface area contributed by atoms with Crippen LogP contribution in [0.5, 0.6) is 5.75 Å². The molecule has 1 amide bonds. The fourth-order valence-electron chi connectivity index (χ4n) is 4.82. The maximum atomic E-state index is 13.4. The quantitative estimate of drug-likeness (QED) is 0.783. The van der Waals surface area contributed by atoms with Crippen LogP contribution in [0, 0.1) is 23.1 Å². The van der Waals surface area contributed by atoms with Gasteiger partial charge in [0.1, 0.15) is 11.6 Å². The van der Waals surface area contributed by atoms with E-state index in [-0.39, 0.29) is 46.2 Å². The summed E-state index contributed by atoms with van der Waals surface area (Å²) in [4.78, 5) is 14.0. The van der Waals surface area contributed by atoms with E-state index in [1.807, 2.05) is 6.20 Å². The lowest BCUT2D eigenvalue weighted by Gasteiger charge is -2.69. The fourth-order valence-corrected chi connectivity index (χ4v) is 4.93. The molecule has 1 aromatic heterocycles. The summed E-state index contributed by atoms with van der Waals surface area (Å²) in [5.41, 5.74) is 0.781. The van der Waals surface area contributed by atoms with Crippen LogP contribution >= 0.6 is 11.6 Å². The van der Waals surface area contributed by atoms with Crippen LogP contribution in [0.1, 0.15) is 43.8 Å². The normalized spacial score (nSPS) is 31.6. The van der Waals surface area contributed by atoms with Crippen LogP contribution in [-0.4, -0.2) is 33.0 Å². The minimum atomic E-state index is -0.580. The number of benzene rings is 1. The molecule has 6 rings (SSSR count). The molecule has 150 valence electrons. The molecule has 2 aromatic rings. The SMILES string of the molecule is N#CC1CC(n2ncc(C34CC(NC(=O)COc5ccc(Cl)c(F)c5)(C3)C4)n2)C1. The second-order valence-corrected chi connectivity index (χ2v) is 8.91. The zero-order valence-electron chi connectivity index (χ0n) is 15.6. The summed E-state index contributed by atoms with van der Waals surface area (Å²) >= 11 is 5.64. The van der Waals surface area contributed by atoms with Crippen molar-refractivity contribution in [3.05, 3.63) is 40.9 Å². The number of aromatic nitrogens is 3. The highest BCUT2D eigenvalue weighted by atomic mass is 35.5. The van der Waals surface area contributed by atoms with Crippen molar-refractivity contribution >= 4 is 17.5 Å². The molecule has 0 radical (unpaired) electrons. The van der Waals surface area contributed by atoms with E-state index in [0.29, 0.717) is 0 Å². The number of hydrogen-bond acceptors (Lipinski definition) is 5. The Kier molecular flexibility index (Phi) is 4.07. The summed E-state index contributed by atoms with van der Waals surface area (Å²) in [6.07, 6.45) is 5.97. The molecule has 4 aliphatic carbocycles. The molecular formula is C20H19ClFN5O2. The smallest absolute Gasteiger partial charge is 0.258 e. The molecular weight excluding hydrogens is 397 g/mol. The Morgan fingerprint density at radius 3 is 2.86 bits per heavy atom. The summed E-state index contributed by atoms with van der Waals surface area (Å²) < 4.78 is 18.8. The van der Waals surface area contributed by atoms with Gasteiger partial charge >= 0.3 is 0 Å². The zero-order chi connectivity index (χ0) is 20.2. The van der Waals surface area contributed by atoms with Crippen molar-refractivity contribution in [2.75, 3.05) is 6.61 Å². The first-order valence-electron chi connectivity index (χ1n) is 9.61. The van der Waals surface area contributed by atoms with E-state index in [4.69, 9.17) is 21.6 Å². The number of nitrogens with one attached hydrogen (secondary N) is 1. The van der Waals surface area contributed by atoms with Crippen molar-refractivity contribution in [2.24, 2.45) is 5.92 Å². The number of nitrogens with zero attached hydrogens (tertiary/aromatic N) is 4. The first-order chi connectivity index (χ1) is 13.9. The third kappa shape index (κ3) is 3.04. The first kappa shape index (κ1) is 18.4. The van der Waals surface area contributed by atoms with E-state index in [9.17, 15) is 9.18 Å². The van der Waals surface area contributed by atoms with Gasteiger partial charge < -0.3 is 10.1 Å². The maximum Gasteiger partial charge on any atom is 0.258 e. The van der Waals surface area contributed by atoms with E-state index in [1.54, 1.807) is 4.80 Å². The fraction of sp³-hybridized carbons (Fsp3) is 0.500. The van der Waals surface area contributed by atoms with Gasteiger partial charge in [0, 0.05) is 17.0 Å². The van der Waals surface area contributed by atoms with Crippen molar-refractivity contribution in [3.8, 4) is 11.8 Å². The second kappa shape index (κ2) is 6.42. The van der Waals surface area contributed by atoms with Crippen molar-refractivity contribution < 1.29 is 13.9 Å². The molecule has 4 aliphatic rings. The van der Waals surface area contributed by atoms with Crippen LogP contribution in [0.25, 0.3) is 0 Å². The molecule has 7 nitrogen and oxygen atoms in total. The lowest BCUT2D eigenvalue weighted by Crippen LogP contribution is -2.77. The van der Waals surface area contributed by atoms with Gasteiger partial charge in [0.05, 0.1) is 34.9 Å². The Balaban J connectivity index is 1.12. The highest BCUT2D eigenvalue weighted by molar-refractivity contribution is 6.30. The highest BCUT2D eigenvalue weighted by Gasteiger charge is 2.70. The van der Waals surface area contributed by atoms with Gasteiger partial charge in [-0.15, -0.1) is 0 Å². The molecule has 0 unspecified atom stereocenters. The number of halogens is 2. The number of amides is 1. The Morgan fingerprint density at radius 2 is 2.17 bits per heavy atom. The number of carbonyl (C=O) groups excluding carboxylic acids is 1. The number of hydrogen-bond donors (Lipinski definition) is 1. The topological polar surface area (TPSA) is 92.8 Å². The van der Waals surface area contributed by atoms with Gasteiger partial charge in [-0.2, -0.15) is 20.3 Å². The summed E-state index contributed by atoms with van der Waals surface area (Å²) in [5.74, 6) is -0.421. The van der Waals surface area contributed by atoms with Crippen LogP contribution in [0.4, 0.5) is 4.39 Å². The van der Waals surface area contributed by atoms with Gasteiger partial charge in [0.25, 0.3) is 5.91 Å². The van der Waals surface area contributed by atoms with E-state index in [0.717, 1.165) is 43.9 Å². The molecule has 4 fully saturated rings. The lowest BCUT2D eigenvalue weighted by molar-refractivity contribution is -0.140. The summed E-state index contributed by atoms with van der Waals surface area (Å²) in [6, 6.07) is 6.58. The van der Waals surface area contributed by atoms with Crippen LogP contribution in [0.2, 0.25) is 5.02 Å². The van der Waals surface area contributed by atoms with Crippen molar-refractivity contribution in [1.29, 1.82) is 5.26 Å². The van der Waals surface area contributed by atoms with Crippen molar-refractivity contribution in [1.82, 2.24) is 20.3 Å². The van der Waals surface area contributed by atoms with Gasteiger partial charge in [-0.3, -0.25) is 4.79 Å². The number of carbonyl (C=O) groups is 1. The van der Waals surface area contributed by atoms with Crippen LogP contribution in [0.15, 0.2) is 24.4 Å². The largest absolute Gasteiger partial charge is 0.484 e. The molecule has 0 spiro atoms. The monoisotopic (exact) mass is 415 g/mol. The Labute approximate surface area is 171 Å². The predicted octanol–water partition coefficient (Wildman–Crippen LogP) is 2.91. The van der Waals surface area contributed by atoms with Crippen LogP contribution in [0.3, 0.4) is 0 Å². The Hall–Kier alpha value is -2.66. The third-order valence-electron chi connectivity index (χ3n) is 6.37. The number of ether oxygens (including phenoxy) is 1. The van der Waals surface area contributed by atoms with Crippen LogP contribution < -0.4 is 10.1 Å².